The molecule has 162 valence electrons. The van der Waals surface area contributed by atoms with Crippen molar-refractivity contribution in [2.24, 2.45) is 5.92 Å². The maximum absolute atomic E-state index is 13.4. The lowest BCUT2D eigenvalue weighted by Gasteiger charge is -2.29. The Balaban J connectivity index is 1.25. The Morgan fingerprint density at radius 2 is 1.45 bits per heavy atom. The molecule has 1 aliphatic rings. The third kappa shape index (κ3) is 5.81. The van der Waals surface area contributed by atoms with Gasteiger partial charge < -0.3 is 0 Å². The molecular formula is C29H32F2. The highest BCUT2D eigenvalue weighted by atomic mass is 19.2. The maximum Gasteiger partial charge on any atom is 0.159 e. The van der Waals surface area contributed by atoms with E-state index in [9.17, 15) is 8.78 Å². The van der Waals surface area contributed by atoms with Crippen molar-refractivity contribution in [2.75, 3.05) is 0 Å². The molecule has 4 rings (SSSR count). The van der Waals surface area contributed by atoms with Crippen molar-refractivity contribution in [3.05, 3.63) is 107 Å². The van der Waals surface area contributed by atoms with Crippen LogP contribution < -0.4 is 0 Å². The van der Waals surface area contributed by atoms with Crippen LogP contribution in [0.25, 0.3) is 0 Å². The average Bonchev–Trinajstić information content (AvgIpc) is 2.81. The van der Waals surface area contributed by atoms with Crippen molar-refractivity contribution in [2.45, 2.75) is 63.7 Å². The largest absolute Gasteiger partial charge is 0.204 e. The molecule has 0 radical (unpaired) electrons. The summed E-state index contributed by atoms with van der Waals surface area (Å²) in [6.45, 7) is 2.30. The monoisotopic (exact) mass is 418 g/mol. The average molecular weight is 419 g/mol. The highest BCUT2D eigenvalue weighted by Gasteiger charge is 2.22. The molecule has 1 unspecified atom stereocenters. The number of rotatable bonds is 7. The fourth-order valence-electron chi connectivity index (χ4n) is 5.03. The Labute approximate surface area is 185 Å². The number of benzene rings is 3. The fourth-order valence-corrected chi connectivity index (χ4v) is 5.03. The van der Waals surface area contributed by atoms with Crippen molar-refractivity contribution in [1.29, 1.82) is 0 Å². The lowest BCUT2D eigenvalue weighted by Crippen LogP contribution is -2.14. The highest BCUT2D eigenvalue weighted by Crippen LogP contribution is 2.37. The van der Waals surface area contributed by atoms with E-state index in [1.165, 1.54) is 54.5 Å². The second kappa shape index (κ2) is 10.2. The first-order valence-electron chi connectivity index (χ1n) is 11.7. The van der Waals surface area contributed by atoms with Crippen LogP contribution >= 0.6 is 0 Å². The minimum atomic E-state index is -0.759. The van der Waals surface area contributed by atoms with E-state index in [-0.39, 0.29) is 0 Å². The first-order chi connectivity index (χ1) is 15.1. The smallest absolute Gasteiger partial charge is 0.159 e. The molecule has 0 heterocycles. The van der Waals surface area contributed by atoms with Crippen molar-refractivity contribution < 1.29 is 8.78 Å². The molecule has 0 aromatic heterocycles. The van der Waals surface area contributed by atoms with Gasteiger partial charge in [0.05, 0.1) is 0 Å². The quantitative estimate of drug-likeness (QED) is 0.362. The molecular weight excluding hydrogens is 386 g/mol. The highest BCUT2D eigenvalue weighted by molar-refractivity contribution is 5.28. The molecule has 0 spiro atoms. The summed E-state index contributed by atoms with van der Waals surface area (Å²) in [6.07, 6.45) is 7.86. The molecule has 0 nitrogen and oxygen atoms in total. The minimum Gasteiger partial charge on any atom is -0.204 e. The van der Waals surface area contributed by atoms with Crippen LogP contribution in [0.5, 0.6) is 0 Å². The van der Waals surface area contributed by atoms with Crippen molar-refractivity contribution >= 4 is 0 Å². The first kappa shape index (κ1) is 21.7. The minimum absolute atomic E-state index is 0.525. The van der Waals surface area contributed by atoms with E-state index >= 15 is 0 Å². The fraction of sp³-hybridized carbons (Fsp3) is 0.379. The van der Waals surface area contributed by atoms with E-state index in [1.54, 1.807) is 6.07 Å². The van der Waals surface area contributed by atoms with Crippen LogP contribution in [0.4, 0.5) is 8.78 Å². The van der Waals surface area contributed by atoms with Gasteiger partial charge in [-0.25, -0.2) is 8.78 Å². The van der Waals surface area contributed by atoms with Gasteiger partial charge in [-0.3, -0.25) is 0 Å². The van der Waals surface area contributed by atoms with E-state index in [1.807, 2.05) is 0 Å². The molecule has 1 aliphatic carbocycles. The standard InChI is InChI=1S/C29H32F2/c1-21(25-5-3-2-4-6-25)19-23-11-16-27(17-12-23)26-14-9-22(10-15-26)7-8-24-13-18-28(30)29(31)20-24/h2-6,11-13,16-18,20-22,26H,7-10,14-15,19H2,1H3. The summed E-state index contributed by atoms with van der Waals surface area (Å²) in [5.74, 6) is 0.375. The van der Waals surface area contributed by atoms with Gasteiger partial charge in [0.1, 0.15) is 0 Å². The molecule has 0 amide bonds. The molecule has 0 N–H and O–H groups in total. The summed E-state index contributed by atoms with van der Waals surface area (Å²) in [6, 6.07) is 24.3. The molecule has 0 bridgehead atoms. The van der Waals surface area contributed by atoms with Gasteiger partial charge in [-0.2, -0.15) is 0 Å². The molecule has 31 heavy (non-hydrogen) atoms. The maximum atomic E-state index is 13.4. The molecule has 1 saturated carbocycles. The summed E-state index contributed by atoms with van der Waals surface area (Å²) >= 11 is 0. The summed E-state index contributed by atoms with van der Waals surface area (Å²) in [5, 5.41) is 0. The van der Waals surface area contributed by atoms with E-state index < -0.39 is 11.6 Å². The van der Waals surface area contributed by atoms with Crippen LogP contribution in [0.3, 0.4) is 0 Å². The Hall–Kier alpha value is -2.48. The molecule has 3 aromatic carbocycles. The van der Waals surface area contributed by atoms with E-state index in [4.69, 9.17) is 0 Å². The normalized spacial score (nSPS) is 19.8. The Morgan fingerprint density at radius 1 is 0.774 bits per heavy atom. The molecule has 0 saturated heterocycles. The molecule has 1 atom stereocenters. The van der Waals surface area contributed by atoms with E-state index in [2.05, 4.69) is 61.5 Å². The summed E-state index contributed by atoms with van der Waals surface area (Å²) in [7, 11) is 0. The Bertz CT molecular complexity index is 954. The van der Waals surface area contributed by atoms with Gasteiger partial charge in [-0.1, -0.05) is 67.6 Å². The van der Waals surface area contributed by atoms with Gasteiger partial charge in [0.25, 0.3) is 0 Å². The SMILES string of the molecule is CC(Cc1ccc(C2CCC(CCc3ccc(F)c(F)c3)CC2)cc1)c1ccccc1. The van der Waals surface area contributed by atoms with Gasteiger partial charge in [0.2, 0.25) is 0 Å². The number of halogens is 2. The van der Waals surface area contributed by atoms with Crippen molar-refractivity contribution in [3.8, 4) is 0 Å². The zero-order valence-corrected chi connectivity index (χ0v) is 18.4. The van der Waals surface area contributed by atoms with Gasteiger partial charge in [0.15, 0.2) is 11.6 Å². The van der Waals surface area contributed by atoms with Crippen LogP contribution in [-0.2, 0) is 12.8 Å². The summed E-state index contributed by atoms with van der Waals surface area (Å²) in [5.41, 5.74) is 5.17. The third-order valence-corrected chi connectivity index (χ3v) is 7.03. The molecule has 2 heteroatoms. The van der Waals surface area contributed by atoms with E-state index in [0.717, 1.165) is 24.8 Å². The Morgan fingerprint density at radius 3 is 2.13 bits per heavy atom. The van der Waals surface area contributed by atoms with Crippen LogP contribution in [-0.4, -0.2) is 0 Å². The second-order valence-electron chi connectivity index (χ2n) is 9.26. The predicted octanol–water partition coefficient (Wildman–Crippen LogP) is 8.22. The van der Waals surface area contributed by atoms with Gasteiger partial charge in [-0.15, -0.1) is 0 Å². The van der Waals surface area contributed by atoms with Crippen LogP contribution in [0.2, 0.25) is 0 Å². The molecule has 1 fully saturated rings. The van der Waals surface area contributed by atoms with Crippen molar-refractivity contribution in [3.63, 3.8) is 0 Å². The van der Waals surface area contributed by atoms with Crippen LogP contribution in [0.1, 0.15) is 73.1 Å². The third-order valence-electron chi connectivity index (χ3n) is 7.03. The van der Waals surface area contributed by atoms with Gasteiger partial charge in [0, 0.05) is 0 Å². The van der Waals surface area contributed by atoms with E-state index in [0.29, 0.717) is 17.8 Å². The number of aryl methyl sites for hydroxylation is 1. The van der Waals surface area contributed by atoms with Crippen molar-refractivity contribution in [1.82, 2.24) is 0 Å². The van der Waals surface area contributed by atoms with Crippen LogP contribution in [0.15, 0.2) is 72.8 Å². The topological polar surface area (TPSA) is 0 Å². The zero-order valence-electron chi connectivity index (χ0n) is 18.4. The van der Waals surface area contributed by atoms with Crippen LogP contribution in [0, 0.1) is 17.6 Å². The second-order valence-corrected chi connectivity index (χ2v) is 9.26. The number of hydrogen-bond acceptors (Lipinski definition) is 0. The molecule has 3 aromatic rings. The lowest BCUT2D eigenvalue weighted by molar-refractivity contribution is 0.310. The summed E-state index contributed by atoms with van der Waals surface area (Å²) in [4.78, 5) is 0. The van der Waals surface area contributed by atoms with Gasteiger partial charge >= 0.3 is 0 Å². The zero-order chi connectivity index (χ0) is 21.6. The lowest BCUT2D eigenvalue weighted by atomic mass is 9.76. The Kier molecular flexibility index (Phi) is 7.17. The molecule has 0 aliphatic heterocycles. The predicted molar refractivity (Wildman–Crippen MR) is 124 cm³/mol. The number of hydrogen-bond donors (Lipinski definition) is 0. The first-order valence-corrected chi connectivity index (χ1v) is 11.7. The summed E-state index contributed by atoms with van der Waals surface area (Å²) < 4.78 is 26.5. The van der Waals surface area contributed by atoms with Gasteiger partial charge in [-0.05, 0) is 97.1 Å².